The second kappa shape index (κ2) is 38.6. The van der Waals surface area contributed by atoms with Crippen LogP contribution in [0.1, 0.15) is 271 Å². The van der Waals surface area contributed by atoms with Gasteiger partial charge < -0.3 is 9.80 Å². The van der Waals surface area contributed by atoms with Gasteiger partial charge in [0, 0.05) is 25.5 Å². The van der Waals surface area contributed by atoms with Gasteiger partial charge in [0.05, 0.1) is 0 Å². The second-order valence-electron chi connectivity index (χ2n) is 16.4. The first-order valence-corrected chi connectivity index (χ1v) is 23.5. The molecule has 0 amide bonds. The summed E-state index contributed by atoms with van der Waals surface area (Å²) in [7, 11) is 0. The Morgan fingerprint density at radius 2 is 0.469 bits per heavy atom. The molecule has 1 rings (SSSR count). The third-order valence-corrected chi connectivity index (χ3v) is 11.6. The third-order valence-electron chi connectivity index (χ3n) is 11.6. The molecule has 0 radical (unpaired) electrons. The van der Waals surface area contributed by atoms with Gasteiger partial charge in [-0.1, -0.05) is 245 Å². The molecule has 1 atom stereocenters. The zero-order chi connectivity index (χ0) is 35.1. The third kappa shape index (κ3) is 30.7. The van der Waals surface area contributed by atoms with E-state index in [0.29, 0.717) is 6.17 Å². The van der Waals surface area contributed by atoms with Crippen LogP contribution in [0.3, 0.4) is 0 Å². The maximum absolute atomic E-state index is 2.73. The minimum Gasteiger partial charge on any atom is -0.356 e. The second-order valence-corrected chi connectivity index (χ2v) is 16.4. The quantitative estimate of drug-likeness (QED) is 0.0591. The number of rotatable bonds is 41. The molecule has 0 spiro atoms. The van der Waals surface area contributed by atoms with Crippen molar-refractivity contribution in [3.8, 4) is 0 Å². The molecule has 0 fully saturated rings. The van der Waals surface area contributed by atoms with Crippen LogP contribution in [0.15, 0.2) is 12.4 Å². The lowest BCUT2D eigenvalue weighted by Crippen LogP contribution is -2.39. The van der Waals surface area contributed by atoms with E-state index < -0.39 is 0 Å². The van der Waals surface area contributed by atoms with E-state index in [9.17, 15) is 0 Å². The number of unbranched alkanes of at least 4 members (excludes halogenated alkanes) is 35. The van der Waals surface area contributed by atoms with Crippen LogP contribution in [-0.2, 0) is 0 Å². The van der Waals surface area contributed by atoms with Gasteiger partial charge in [-0.15, -0.1) is 0 Å². The van der Waals surface area contributed by atoms with Crippen molar-refractivity contribution in [2.24, 2.45) is 0 Å². The highest BCUT2D eigenvalue weighted by molar-refractivity contribution is 4.97. The van der Waals surface area contributed by atoms with E-state index in [2.05, 4.69) is 43.0 Å². The summed E-state index contributed by atoms with van der Waals surface area (Å²) in [5, 5.41) is 0. The molecular weight excluding hydrogens is 593 g/mol. The van der Waals surface area contributed by atoms with Crippen molar-refractivity contribution < 1.29 is 0 Å². The molecule has 0 aromatic carbocycles. The Morgan fingerprint density at radius 3 is 0.714 bits per heavy atom. The molecule has 0 saturated heterocycles. The van der Waals surface area contributed by atoms with Crippen molar-refractivity contribution in [3.63, 3.8) is 0 Å². The van der Waals surface area contributed by atoms with E-state index in [1.165, 1.54) is 264 Å². The van der Waals surface area contributed by atoms with Crippen LogP contribution in [0, 0.1) is 0 Å². The van der Waals surface area contributed by atoms with Gasteiger partial charge in [-0.25, -0.2) is 0 Å². The molecule has 0 aromatic rings. The van der Waals surface area contributed by atoms with Gasteiger partial charge in [0.15, 0.2) is 0 Å². The van der Waals surface area contributed by atoms with Crippen LogP contribution in [0.2, 0.25) is 0 Å². The van der Waals surface area contributed by atoms with Gasteiger partial charge in [0.2, 0.25) is 0 Å². The van der Waals surface area contributed by atoms with Crippen LogP contribution >= 0.6 is 0 Å². The molecule has 49 heavy (non-hydrogen) atoms. The molecule has 1 aliphatic heterocycles. The zero-order valence-electron chi connectivity index (χ0n) is 34.6. The fraction of sp³-hybridized carbons (Fsp3) is 0.957. The first-order chi connectivity index (χ1) is 24.3. The predicted octanol–water partition coefficient (Wildman–Crippen LogP) is 16.7. The molecule has 0 N–H and O–H groups in total. The fourth-order valence-electron chi connectivity index (χ4n) is 8.13. The molecule has 292 valence electrons. The lowest BCUT2D eigenvalue weighted by molar-refractivity contribution is 0.135. The van der Waals surface area contributed by atoms with Crippen molar-refractivity contribution in [3.05, 3.63) is 12.4 Å². The van der Waals surface area contributed by atoms with E-state index in [-0.39, 0.29) is 0 Å². The van der Waals surface area contributed by atoms with Crippen molar-refractivity contribution in [2.45, 2.75) is 277 Å². The smallest absolute Gasteiger partial charge is 0.101 e. The Kier molecular flexibility index (Phi) is 36.5. The van der Waals surface area contributed by atoms with Crippen molar-refractivity contribution in [1.29, 1.82) is 0 Å². The monoisotopic (exact) mass is 687 g/mol. The normalized spacial score (nSPS) is 14.6. The fourth-order valence-corrected chi connectivity index (χ4v) is 8.13. The highest BCUT2D eigenvalue weighted by Gasteiger charge is 2.24. The molecule has 0 aliphatic carbocycles. The van der Waals surface area contributed by atoms with E-state index >= 15 is 0 Å². The van der Waals surface area contributed by atoms with Gasteiger partial charge in [0.25, 0.3) is 0 Å². The SMILES string of the molecule is CCCCCCCCCCCCCCCCCC1N(CCCCCCCCCC)C=CN1CCCCCCCCCCCCCCCCC. The van der Waals surface area contributed by atoms with Crippen LogP contribution in [0.5, 0.6) is 0 Å². The number of nitrogens with zero attached hydrogens (tertiary/aromatic N) is 2. The summed E-state index contributed by atoms with van der Waals surface area (Å²) >= 11 is 0. The summed E-state index contributed by atoms with van der Waals surface area (Å²) in [4.78, 5) is 5.46. The topological polar surface area (TPSA) is 6.48 Å². The maximum Gasteiger partial charge on any atom is 0.101 e. The zero-order valence-corrected chi connectivity index (χ0v) is 34.6. The van der Waals surface area contributed by atoms with E-state index in [4.69, 9.17) is 0 Å². The summed E-state index contributed by atoms with van der Waals surface area (Å²) in [6, 6.07) is 0. The molecule has 1 unspecified atom stereocenters. The predicted molar refractivity (Wildman–Crippen MR) is 223 cm³/mol. The molecule has 2 nitrogen and oxygen atoms in total. The van der Waals surface area contributed by atoms with Gasteiger partial charge in [-0.2, -0.15) is 0 Å². The average molecular weight is 687 g/mol. The minimum absolute atomic E-state index is 0.637. The van der Waals surface area contributed by atoms with E-state index in [1.54, 1.807) is 0 Å². The Hall–Kier alpha value is -0.660. The molecule has 0 bridgehead atoms. The Bertz CT molecular complexity index is 644. The first-order valence-electron chi connectivity index (χ1n) is 23.5. The van der Waals surface area contributed by atoms with Crippen LogP contribution < -0.4 is 0 Å². The van der Waals surface area contributed by atoms with Crippen molar-refractivity contribution in [1.82, 2.24) is 9.80 Å². The number of hydrogen-bond donors (Lipinski definition) is 0. The summed E-state index contributed by atoms with van der Waals surface area (Å²) < 4.78 is 0. The summed E-state index contributed by atoms with van der Waals surface area (Å²) in [6.07, 6.45) is 61.9. The Labute approximate surface area is 311 Å². The summed E-state index contributed by atoms with van der Waals surface area (Å²) in [6.45, 7) is 9.49. The first kappa shape index (κ1) is 46.4. The van der Waals surface area contributed by atoms with E-state index in [0.717, 1.165) is 0 Å². The largest absolute Gasteiger partial charge is 0.356 e. The van der Waals surface area contributed by atoms with Crippen molar-refractivity contribution >= 4 is 0 Å². The lowest BCUT2D eigenvalue weighted by Gasteiger charge is -2.33. The molecule has 0 aromatic heterocycles. The Morgan fingerprint density at radius 1 is 0.265 bits per heavy atom. The number of hydrogen-bond acceptors (Lipinski definition) is 2. The molecular formula is C47H94N2. The summed E-state index contributed by atoms with van der Waals surface area (Å²) in [5.41, 5.74) is 0. The van der Waals surface area contributed by atoms with E-state index in [1.807, 2.05) is 0 Å². The maximum atomic E-state index is 2.73. The molecule has 0 saturated carbocycles. The van der Waals surface area contributed by atoms with Gasteiger partial charge in [-0.05, 0) is 25.7 Å². The Balaban J connectivity index is 2.17. The van der Waals surface area contributed by atoms with Gasteiger partial charge >= 0.3 is 0 Å². The lowest BCUT2D eigenvalue weighted by atomic mass is 10.0. The van der Waals surface area contributed by atoms with Crippen LogP contribution in [0.4, 0.5) is 0 Å². The van der Waals surface area contributed by atoms with Crippen molar-refractivity contribution in [2.75, 3.05) is 13.1 Å². The summed E-state index contributed by atoms with van der Waals surface area (Å²) in [5.74, 6) is 0. The van der Waals surface area contributed by atoms with Gasteiger partial charge in [-0.3, -0.25) is 0 Å². The van der Waals surface area contributed by atoms with Crippen LogP contribution in [-0.4, -0.2) is 29.1 Å². The molecule has 2 heteroatoms. The van der Waals surface area contributed by atoms with Crippen LogP contribution in [0.25, 0.3) is 0 Å². The standard InChI is InChI=1S/C47H94N2/c1-4-7-10-13-16-19-21-23-25-27-29-31-33-36-39-42-47-48(43-40-37-34-18-15-12-9-6-3)45-46-49(47)44-41-38-35-32-30-28-26-24-22-20-17-14-11-8-5-2/h45-47H,4-44H2,1-3H3. The van der Waals surface area contributed by atoms with Gasteiger partial charge in [0.1, 0.15) is 6.17 Å². The molecule has 1 aliphatic rings. The highest BCUT2D eigenvalue weighted by atomic mass is 15.4. The molecule has 1 heterocycles. The highest BCUT2D eigenvalue weighted by Crippen LogP contribution is 2.24. The average Bonchev–Trinajstić information content (AvgIpc) is 3.50. The minimum atomic E-state index is 0.637.